The van der Waals surface area contributed by atoms with E-state index in [2.05, 4.69) is 66.3 Å². The van der Waals surface area contributed by atoms with Gasteiger partial charge in [0, 0.05) is 58.5 Å². The molecular formula is C24H44IN5O2. The summed E-state index contributed by atoms with van der Waals surface area (Å²) in [6.07, 6.45) is 0. The maximum absolute atomic E-state index is 5.91. The lowest BCUT2D eigenvalue weighted by Crippen LogP contribution is -2.48. The standard InChI is InChI=1S/C24H43N5O2.HI/c1-6-25-24(26-17-21(4)19-29-12-10-28(7-2)11-13-29)27-18-22-9-8-20(3)16-23(22)31-15-14-30-5;/h8-9,16,21H,6-7,10-15,17-19H2,1-5H3,(H2,25,26,27);1H. The van der Waals surface area contributed by atoms with E-state index in [0.717, 1.165) is 43.5 Å². The first-order valence-electron chi connectivity index (χ1n) is 11.7. The molecule has 0 amide bonds. The molecule has 0 aliphatic carbocycles. The van der Waals surface area contributed by atoms with Crippen LogP contribution in [0.2, 0.25) is 0 Å². The molecule has 32 heavy (non-hydrogen) atoms. The molecule has 8 heteroatoms. The molecule has 0 aromatic heterocycles. The molecule has 2 N–H and O–H groups in total. The Morgan fingerprint density at radius 3 is 2.47 bits per heavy atom. The number of methoxy groups -OCH3 is 1. The number of rotatable bonds is 12. The van der Waals surface area contributed by atoms with Crippen molar-refractivity contribution < 1.29 is 9.47 Å². The number of hydrogen-bond acceptors (Lipinski definition) is 5. The Balaban J connectivity index is 0.00000512. The summed E-state index contributed by atoms with van der Waals surface area (Å²) in [7, 11) is 1.69. The van der Waals surface area contributed by atoms with Crippen LogP contribution in [0.3, 0.4) is 0 Å². The second-order valence-electron chi connectivity index (χ2n) is 8.37. The van der Waals surface area contributed by atoms with Gasteiger partial charge in [0.05, 0.1) is 13.2 Å². The second-order valence-corrected chi connectivity index (χ2v) is 8.37. The fourth-order valence-electron chi connectivity index (χ4n) is 3.73. The molecule has 1 aliphatic heterocycles. The van der Waals surface area contributed by atoms with E-state index in [1.807, 2.05) is 0 Å². The largest absolute Gasteiger partial charge is 0.491 e. The number of aliphatic imine (C=N–C) groups is 1. The molecule has 1 aromatic carbocycles. The average Bonchev–Trinajstić information content (AvgIpc) is 2.77. The fourth-order valence-corrected chi connectivity index (χ4v) is 3.73. The van der Waals surface area contributed by atoms with Gasteiger partial charge < -0.3 is 29.9 Å². The number of likely N-dealkylation sites (N-methyl/N-ethyl adjacent to an activating group) is 1. The van der Waals surface area contributed by atoms with Gasteiger partial charge in [0.2, 0.25) is 0 Å². The topological polar surface area (TPSA) is 61.4 Å². The molecular weight excluding hydrogens is 517 g/mol. The van der Waals surface area contributed by atoms with Gasteiger partial charge in [-0.25, -0.2) is 4.99 Å². The summed E-state index contributed by atoms with van der Waals surface area (Å²) in [5.74, 6) is 2.30. The van der Waals surface area contributed by atoms with Crippen molar-refractivity contribution in [2.45, 2.75) is 34.2 Å². The van der Waals surface area contributed by atoms with Crippen molar-refractivity contribution in [3.63, 3.8) is 0 Å². The van der Waals surface area contributed by atoms with E-state index in [1.165, 1.54) is 31.7 Å². The molecule has 1 aliphatic rings. The highest BCUT2D eigenvalue weighted by molar-refractivity contribution is 14.0. The van der Waals surface area contributed by atoms with Crippen LogP contribution < -0.4 is 15.4 Å². The first kappa shape index (κ1) is 28.9. The van der Waals surface area contributed by atoms with E-state index in [-0.39, 0.29) is 24.0 Å². The molecule has 0 saturated carbocycles. The van der Waals surface area contributed by atoms with Crippen LogP contribution in [0.15, 0.2) is 23.2 Å². The highest BCUT2D eigenvalue weighted by atomic mass is 127. The van der Waals surface area contributed by atoms with Gasteiger partial charge in [-0.2, -0.15) is 0 Å². The van der Waals surface area contributed by atoms with Crippen molar-refractivity contribution in [2.75, 3.05) is 72.7 Å². The molecule has 1 fully saturated rings. The Hall–Kier alpha value is -1.10. The molecule has 0 spiro atoms. The Labute approximate surface area is 212 Å². The SMILES string of the molecule is CCNC(=NCc1ccc(C)cc1OCCOC)NCC(C)CN1CCN(CC)CC1.I. The number of benzene rings is 1. The number of halogens is 1. The van der Waals surface area contributed by atoms with Crippen LogP contribution >= 0.6 is 24.0 Å². The van der Waals surface area contributed by atoms with Gasteiger partial charge in [-0.3, -0.25) is 0 Å². The first-order chi connectivity index (χ1) is 15.0. The van der Waals surface area contributed by atoms with E-state index in [4.69, 9.17) is 14.5 Å². The number of guanidine groups is 1. The van der Waals surface area contributed by atoms with Gasteiger partial charge in [0.15, 0.2) is 5.96 Å². The number of nitrogens with zero attached hydrogens (tertiary/aromatic N) is 3. The van der Waals surface area contributed by atoms with Gasteiger partial charge >= 0.3 is 0 Å². The normalized spacial score (nSPS) is 16.3. The summed E-state index contributed by atoms with van der Waals surface area (Å²) in [4.78, 5) is 9.91. The third-order valence-electron chi connectivity index (χ3n) is 5.62. The van der Waals surface area contributed by atoms with Crippen molar-refractivity contribution in [2.24, 2.45) is 10.9 Å². The highest BCUT2D eigenvalue weighted by Gasteiger charge is 2.17. The summed E-state index contributed by atoms with van der Waals surface area (Å²) in [5.41, 5.74) is 2.26. The molecule has 184 valence electrons. The summed E-state index contributed by atoms with van der Waals surface area (Å²) >= 11 is 0. The zero-order valence-corrected chi connectivity index (χ0v) is 23.0. The molecule has 0 bridgehead atoms. The van der Waals surface area contributed by atoms with Gasteiger partial charge in [-0.15, -0.1) is 24.0 Å². The Kier molecular flexibility index (Phi) is 14.9. The highest BCUT2D eigenvalue weighted by Crippen LogP contribution is 2.21. The minimum atomic E-state index is 0. The number of piperazine rings is 1. The lowest BCUT2D eigenvalue weighted by atomic mass is 10.1. The predicted octanol–water partition coefficient (Wildman–Crippen LogP) is 2.97. The van der Waals surface area contributed by atoms with Crippen LogP contribution in [0, 0.1) is 12.8 Å². The second kappa shape index (κ2) is 16.5. The van der Waals surface area contributed by atoms with Crippen molar-refractivity contribution in [3.05, 3.63) is 29.3 Å². The molecule has 2 rings (SSSR count). The summed E-state index contributed by atoms with van der Waals surface area (Å²) in [6.45, 7) is 19.2. The maximum Gasteiger partial charge on any atom is 0.191 e. The average molecular weight is 562 g/mol. The first-order valence-corrected chi connectivity index (χ1v) is 11.7. The quantitative estimate of drug-likeness (QED) is 0.177. The molecule has 1 heterocycles. The minimum absolute atomic E-state index is 0. The Morgan fingerprint density at radius 2 is 1.81 bits per heavy atom. The van der Waals surface area contributed by atoms with E-state index in [0.29, 0.717) is 25.7 Å². The minimum Gasteiger partial charge on any atom is -0.491 e. The van der Waals surface area contributed by atoms with E-state index in [9.17, 15) is 0 Å². The summed E-state index contributed by atoms with van der Waals surface area (Å²) in [5, 5.41) is 6.89. The Bertz CT molecular complexity index is 666. The van der Waals surface area contributed by atoms with E-state index in [1.54, 1.807) is 7.11 Å². The van der Waals surface area contributed by atoms with Crippen LogP contribution in [-0.4, -0.2) is 88.4 Å². The Morgan fingerprint density at radius 1 is 1.09 bits per heavy atom. The summed E-state index contributed by atoms with van der Waals surface area (Å²) in [6, 6.07) is 6.28. The fraction of sp³-hybridized carbons (Fsp3) is 0.708. The van der Waals surface area contributed by atoms with E-state index >= 15 is 0 Å². The lowest BCUT2D eigenvalue weighted by molar-refractivity contribution is 0.124. The monoisotopic (exact) mass is 561 g/mol. The van der Waals surface area contributed by atoms with Crippen molar-refractivity contribution >= 4 is 29.9 Å². The molecule has 1 atom stereocenters. The van der Waals surface area contributed by atoms with Crippen LogP contribution in [0.25, 0.3) is 0 Å². The molecule has 1 unspecified atom stereocenters. The molecule has 0 radical (unpaired) electrons. The zero-order valence-electron chi connectivity index (χ0n) is 20.7. The lowest BCUT2D eigenvalue weighted by Gasteiger charge is -2.35. The van der Waals surface area contributed by atoms with E-state index < -0.39 is 0 Å². The van der Waals surface area contributed by atoms with Crippen LogP contribution in [0.4, 0.5) is 0 Å². The third kappa shape index (κ3) is 10.7. The van der Waals surface area contributed by atoms with Crippen molar-refractivity contribution in [3.8, 4) is 5.75 Å². The van der Waals surface area contributed by atoms with Crippen LogP contribution in [-0.2, 0) is 11.3 Å². The molecule has 7 nitrogen and oxygen atoms in total. The van der Waals surface area contributed by atoms with Crippen molar-refractivity contribution in [1.82, 2.24) is 20.4 Å². The number of nitrogens with one attached hydrogen (secondary N) is 2. The number of aryl methyl sites for hydroxylation is 1. The zero-order chi connectivity index (χ0) is 22.5. The molecule has 1 aromatic rings. The van der Waals surface area contributed by atoms with Gasteiger partial charge in [0.1, 0.15) is 12.4 Å². The summed E-state index contributed by atoms with van der Waals surface area (Å²) < 4.78 is 11.0. The van der Waals surface area contributed by atoms with Crippen molar-refractivity contribution in [1.29, 1.82) is 0 Å². The third-order valence-corrected chi connectivity index (χ3v) is 5.62. The van der Waals surface area contributed by atoms with Crippen LogP contribution in [0.5, 0.6) is 5.75 Å². The number of ether oxygens (including phenoxy) is 2. The molecule has 1 saturated heterocycles. The van der Waals surface area contributed by atoms with Gasteiger partial charge in [-0.05, 0) is 37.9 Å². The smallest absolute Gasteiger partial charge is 0.191 e. The van der Waals surface area contributed by atoms with Gasteiger partial charge in [-0.1, -0.05) is 26.0 Å². The maximum atomic E-state index is 5.91. The van der Waals surface area contributed by atoms with Gasteiger partial charge in [0.25, 0.3) is 0 Å². The van der Waals surface area contributed by atoms with Crippen LogP contribution in [0.1, 0.15) is 31.9 Å². The number of hydrogen-bond donors (Lipinski definition) is 2. The predicted molar refractivity (Wildman–Crippen MR) is 145 cm³/mol.